The normalized spacial score (nSPS) is 14.9. The zero-order valence-corrected chi connectivity index (χ0v) is 15.5. The maximum Gasteiger partial charge on any atom is 0.322 e. The molecule has 1 heterocycles. The molecule has 6 heteroatoms. The van der Waals surface area contributed by atoms with Gasteiger partial charge in [0.15, 0.2) is 0 Å². The standard InChI is InChI=1S/C19H29N3O3/c1-4-15(2)22(13-10-18(23)21-11-5-6-12-21)19(24)20-16-8-7-9-17(14-16)25-3/h7-9,14-15H,4-6,10-13H2,1-3H3,(H,20,24). The van der Waals surface area contributed by atoms with Gasteiger partial charge in [-0.1, -0.05) is 13.0 Å². The van der Waals surface area contributed by atoms with Crippen LogP contribution in [0.5, 0.6) is 5.75 Å². The number of nitrogens with zero attached hydrogens (tertiary/aromatic N) is 2. The van der Waals surface area contributed by atoms with Gasteiger partial charge in [0.1, 0.15) is 5.75 Å². The van der Waals surface area contributed by atoms with Crippen molar-refractivity contribution in [2.24, 2.45) is 0 Å². The Morgan fingerprint density at radius 3 is 2.68 bits per heavy atom. The Morgan fingerprint density at radius 2 is 2.04 bits per heavy atom. The fraction of sp³-hybridized carbons (Fsp3) is 0.579. The van der Waals surface area contributed by atoms with Gasteiger partial charge in [0.25, 0.3) is 0 Å². The van der Waals surface area contributed by atoms with E-state index in [1.54, 1.807) is 18.1 Å². The second-order valence-corrected chi connectivity index (χ2v) is 6.45. The van der Waals surface area contributed by atoms with Gasteiger partial charge in [-0.05, 0) is 38.3 Å². The van der Waals surface area contributed by atoms with Gasteiger partial charge in [-0.3, -0.25) is 4.79 Å². The average molecular weight is 347 g/mol. The summed E-state index contributed by atoms with van der Waals surface area (Å²) in [5.41, 5.74) is 0.684. The van der Waals surface area contributed by atoms with Crippen LogP contribution in [0.2, 0.25) is 0 Å². The third kappa shape index (κ3) is 5.37. The first-order valence-corrected chi connectivity index (χ1v) is 9.04. The number of methoxy groups -OCH3 is 1. The molecule has 0 spiro atoms. The zero-order chi connectivity index (χ0) is 18.2. The lowest BCUT2D eigenvalue weighted by molar-refractivity contribution is -0.130. The molecule has 0 bridgehead atoms. The molecule has 3 amide bonds. The molecule has 1 unspecified atom stereocenters. The largest absolute Gasteiger partial charge is 0.497 e. The Bertz CT molecular complexity index is 585. The fourth-order valence-electron chi connectivity index (χ4n) is 2.98. The van der Waals surface area contributed by atoms with Crippen LogP contribution in [0.3, 0.4) is 0 Å². The summed E-state index contributed by atoms with van der Waals surface area (Å²) < 4.78 is 5.19. The van der Waals surface area contributed by atoms with Gasteiger partial charge in [-0.15, -0.1) is 0 Å². The second-order valence-electron chi connectivity index (χ2n) is 6.45. The van der Waals surface area contributed by atoms with Crippen LogP contribution >= 0.6 is 0 Å². The van der Waals surface area contributed by atoms with Gasteiger partial charge < -0.3 is 19.9 Å². The fourth-order valence-corrected chi connectivity index (χ4v) is 2.98. The molecule has 0 saturated carbocycles. The van der Waals surface area contributed by atoms with E-state index in [1.807, 2.05) is 36.9 Å². The van der Waals surface area contributed by atoms with E-state index >= 15 is 0 Å². The topological polar surface area (TPSA) is 61.9 Å². The van der Waals surface area contributed by atoms with Crippen LogP contribution < -0.4 is 10.1 Å². The number of anilines is 1. The van der Waals surface area contributed by atoms with Crippen molar-refractivity contribution in [2.45, 2.75) is 45.6 Å². The van der Waals surface area contributed by atoms with E-state index in [0.717, 1.165) is 32.4 Å². The summed E-state index contributed by atoms with van der Waals surface area (Å²) in [6, 6.07) is 7.15. The molecular formula is C19H29N3O3. The molecule has 1 aliphatic heterocycles. The molecule has 25 heavy (non-hydrogen) atoms. The molecule has 0 aromatic heterocycles. The van der Waals surface area contributed by atoms with E-state index in [1.165, 1.54) is 0 Å². The quantitative estimate of drug-likeness (QED) is 0.823. The summed E-state index contributed by atoms with van der Waals surface area (Å²) >= 11 is 0. The summed E-state index contributed by atoms with van der Waals surface area (Å²) in [6.07, 6.45) is 3.37. The number of hydrogen-bond acceptors (Lipinski definition) is 3. The van der Waals surface area contributed by atoms with Gasteiger partial charge >= 0.3 is 6.03 Å². The number of urea groups is 1. The molecule has 1 aromatic carbocycles. The number of carbonyl (C=O) groups excluding carboxylic acids is 2. The highest BCUT2D eigenvalue weighted by Crippen LogP contribution is 2.18. The third-order valence-electron chi connectivity index (χ3n) is 4.73. The number of carbonyl (C=O) groups is 2. The van der Waals surface area contributed by atoms with Crippen molar-refractivity contribution in [1.29, 1.82) is 0 Å². The summed E-state index contributed by atoms with van der Waals surface area (Å²) in [5, 5.41) is 2.91. The molecule has 1 N–H and O–H groups in total. The minimum absolute atomic E-state index is 0.0667. The van der Waals surface area contributed by atoms with E-state index < -0.39 is 0 Å². The molecule has 2 rings (SSSR count). The number of rotatable bonds is 7. The molecule has 138 valence electrons. The number of benzene rings is 1. The van der Waals surface area contributed by atoms with Crippen molar-refractivity contribution < 1.29 is 14.3 Å². The summed E-state index contributed by atoms with van der Waals surface area (Å²) in [5.74, 6) is 0.831. The van der Waals surface area contributed by atoms with Crippen molar-refractivity contribution in [3.8, 4) is 5.75 Å². The molecule has 1 aromatic rings. The predicted octanol–water partition coefficient (Wildman–Crippen LogP) is 3.34. The number of nitrogens with one attached hydrogen (secondary N) is 1. The van der Waals surface area contributed by atoms with Crippen LogP contribution in [0.15, 0.2) is 24.3 Å². The Balaban J connectivity index is 1.97. The van der Waals surface area contributed by atoms with E-state index in [9.17, 15) is 9.59 Å². The predicted molar refractivity (Wildman–Crippen MR) is 98.9 cm³/mol. The van der Waals surface area contributed by atoms with Crippen LogP contribution in [-0.2, 0) is 4.79 Å². The Labute approximate surface area is 150 Å². The maximum atomic E-state index is 12.7. The zero-order valence-electron chi connectivity index (χ0n) is 15.5. The third-order valence-corrected chi connectivity index (χ3v) is 4.73. The summed E-state index contributed by atoms with van der Waals surface area (Å²) in [7, 11) is 1.59. The number of amides is 3. The van der Waals surface area contributed by atoms with E-state index in [2.05, 4.69) is 5.32 Å². The average Bonchev–Trinajstić information content (AvgIpc) is 3.16. The molecule has 1 fully saturated rings. The van der Waals surface area contributed by atoms with Crippen LogP contribution in [0.4, 0.5) is 10.5 Å². The first kappa shape index (κ1) is 19.1. The lowest BCUT2D eigenvalue weighted by Gasteiger charge is -2.29. The first-order chi connectivity index (χ1) is 12.0. The monoisotopic (exact) mass is 347 g/mol. The van der Waals surface area contributed by atoms with E-state index in [4.69, 9.17) is 4.74 Å². The van der Waals surface area contributed by atoms with Crippen molar-refractivity contribution in [3.05, 3.63) is 24.3 Å². The Kier molecular flexibility index (Phi) is 7.10. The van der Waals surface area contributed by atoms with Crippen molar-refractivity contribution in [2.75, 3.05) is 32.1 Å². The highest BCUT2D eigenvalue weighted by molar-refractivity contribution is 5.90. The first-order valence-electron chi connectivity index (χ1n) is 9.04. The molecule has 6 nitrogen and oxygen atoms in total. The van der Waals surface area contributed by atoms with E-state index in [0.29, 0.717) is 24.4 Å². The van der Waals surface area contributed by atoms with Crippen LogP contribution in [-0.4, -0.2) is 54.5 Å². The smallest absolute Gasteiger partial charge is 0.322 e. The van der Waals surface area contributed by atoms with Gasteiger partial charge in [0.05, 0.1) is 7.11 Å². The number of hydrogen-bond donors (Lipinski definition) is 1. The van der Waals surface area contributed by atoms with Gasteiger partial charge in [-0.2, -0.15) is 0 Å². The highest BCUT2D eigenvalue weighted by Gasteiger charge is 2.23. The maximum absolute atomic E-state index is 12.7. The van der Waals surface area contributed by atoms with Crippen LogP contribution in [0.25, 0.3) is 0 Å². The molecule has 0 aliphatic carbocycles. The number of likely N-dealkylation sites (tertiary alicyclic amines) is 1. The Hall–Kier alpha value is -2.24. The van der Waals surface area contributed by atoms with Crippen molar-refractivity contribution in [3.63, 3.8) is 0 Å². The second kappa shape index (κ2) is 9.30. The van der Waals surface area contributed by atoms with Crippen molar-refractivity contribution in [1.82, 2.24) is 9.80 Å². The minimum Gasteiger partial charge on any atom is -0.497 e. The highest BCUT2D eigenvalue weighted by atomic mass is 16.5. The van der Waals surface area contributed by atoms with Gasteiger partial charge in [-0.25, -0.2) is 4.79 Å². The van der Waals surface area contributed by atoms with Crippen LogP contribution in [0.1, 0.15) is 39.5 Å². The molecular weight excluding hydrogens is 318 g/mol. The Morgan fingerprint density at radius 1 is 1.32 bits per heavy atom. The minimum atomic E-state index is -0.183. The van der Waals surface area contributed by atoms with Gasteiger partial charge in [0.2, 0.25) is 5.91 Å². The number of ether oxygens (including phenoxy) is 1. The molecule has 1 aliphatic rings. The summed E-state index contributed by atoms with van der Waals surface area (Å²) in [6.45, 7) is 6.17. The lowest BCUT2D eigenvalue weighted by Crippen LogP contribution is -2.43. The van der Waals surface area contributed by atoms with E-state index in [-0.39, 0.29) is 18.0 Å². The molecule has 1 saturated heterocycles. The van der Waals surface area contributed by atoms with Crippen LogP contribution in [0, 0.1) is 0 Å². The molecule has 0 radical (unpaired) electrons. The SMILES string of the molecule is CCC(C)N(CCC(=O)N1CCCC1)C(=O)Nc1cccc(OC)c1. The summed E-state index contributed by atoms with van der Waals surface area (Å²) in [4.78, 5) is 28.6. The van der Waals surface area contributed by atoms with Crippen molar-refractivity contribution >= 4 is 17.6 Å². The molecule has 1 atom stereocenters. The lowest BCUT2D eigenvalue weighted by atomic mass is 10.2. The van der Waals surface area contributed by atoms with Gasteiger partial charge in [0, 0.05) is 43.9 Å².